The summed E-state index contributed by atoms with van der Waals surface area (Å²) in [6.07, 6.45) is 4.83. The van der Waals surface area contributed by atoms with Crippen LogP contribution in [0.1, 0.15) is 5.56 Å². The van der Waals surface area contributed by atoms with E-state index in [9.17, 15) is 4.79 Å². The molecule has 0 saturated heterocycles. The molecule has 1 amide bonds. The molecule has 0 saturated carbocycles. The number of pyridine rings is 1. The maximum atomic E-state index is 11.7. The minimum Gasteiger partial charge on any atom is -0.481 e. The summed E-state index contributed by atoms with van der Waals surface area (Å²) in [7, 11) is 0. The van der Waals surface area contributed by atoms with Gasteiger partial charge in [-0.25, -0.2) is 5.43 Å². The smallest absolute Gasteiger partial charge is 0.277 e. The number of benzene rings is 1. The van der Waals surface area contributed by atoms with Crippen molar-refractivity contribution in [2.24, 2.45) is 5.10 Å². The van der Waals surface area contributed by atoms with Crippen LogP contribution in [0.5, 0.6) is 5.75 Å². The highest BCUT2D eigenvalue weighted by Crippen LogP contribution is 2.36. The van der Waals surface area contributed by atoms with Crippen LogP contribution in [-0.2, 0) is 4.79 Å². The molecule has 0 spiro atoms. The average Bonchev–Trinajstić information content (AvgIpc) is 2.47. The van der Waals surface area contributed by atoms with Crippen molar-refractivity contribution in [3.63, 3.8) is 0 Å². The second-order valence-corrected chi connectivity index (χ2v) is 6.69. The van der Waals surface area contributed by atoms with Crippen LogP contribution >= 0.6 is 47.8 Å². The zero-order chi connectivity index (χ0) is 15.9. The van der Waals surface area contributed by atoms with Crippen LogP contribution in [0.4, 0.5) is 0 Å². The van der Waals surface area contributed by atoms with Gasteiger partial charge in [0, 0.05) is 16.9 Å². The first-order valence-electron chi connectivity index (χ1n) is 6.05. The van der Waals surface area contributed by atoms with E-state index in [2.05, 4.69) is 63.3 Å². The third kappa shape index (κ3) is 5.19. The lowest BCUT2D eigenvalue weighted by molar-refractivity contribution is -0.123. The standard InChI is InChI=1S/C14H10Br3N3O2/c15-10-5-11(16)14(12(17)6-10)22-8-13(21)20-19-7-9-1-3-18-4-2-9/h1-7H,8H2,(H,20,21). The Labute approximate surface area is 152 Å². The highest BCUT2D eigenvalue weighted by molar-refractivity contribution is 9.11. The molecule has 0 aliphatic carbocycles. The summed E-state index contributed by atoms with van der Waals surface area (Å²) >= 11 is 10.1. The number of carbonyl (C=O) groups excluding carboxylic acids is 1. The molecule has 2 aromatic rings. The zero-order valence-electron chi connectivity index (χ0n) is 11.1. The predicted octanol–water partition coefficient (Wildman–Crippen LogP) is 3.90. The van der Waals surface area contributed by atoms with Gasteiger partial charge in [-0.1, -0.05) is 15.9 Å². The molecule has 1 aromatic heterocycles. The number of halogens is 3. The Balaban J connectivity index is 1.87. The Kier molecular flexibility index (Phi) is 6.53. The van der Waals surface area contributed by atoms with E-state index in [1.54, 1.807) is 24.5 Å². The van der Waals surface area contributed by atoms with E-state index in [0.717, 1.165) is 19.0 Å². The third-order valence-electron chi connectivity index (χ3n) is 2.42. The minimum absolute atomic E-state index is 0.146. The fraction of sp³-hybridized carbons (Fsp3) is 0.0714. The first kappa shape index (κ1) is 17.1. The molecular weight excluding hydrogens is 482 g/mol. The zero-order valence-corrected chi connectivity index (χ0v) is 15.9. The number of nitrogens with one attached hydrogen (secondary N) is 1. The largest absolute Gasteiger partial charge is 0.481 e. The van der Waals surface area contributed by atoms with E-state index in [1.807, 2.05) is 12.1 Å². The number of ether oxygens (including phenoxy) is 1. The highest BCUT2D eigenvalue weighted by atomic mass is 79.9. The third-order valence-corrected chi connectivity index (χ3v) is 4.06. The molecule has 8 heteroatoms. The molecular formula is C14H10Br3N3O2. The number of rotatable bonds is 5. The van der Waals surface area contributed by atoms with Gasteiger partial charge in [0.25, 0.3) is 5.91 Å². The Morgan fingerprint density at radius 2 is 1.86 bits per heavy atom. The Morgan fingerprint density at radius 1 is 1.23 bits per heavy atom. The molecule has 0 bridgehead atoms. The van der Waals surface area contributed by atoms with Gasteiger partial charge in [0.2, 0.25) is 0 Å². The molecule has 0 unspecified atom stereocenters. The van der Waals surface area contributed by atoms with Gasteiger partial charge in [-0.15, -0.1) is 0 Å². The van der Waals surface area contributed by atoms with Crippen molar-refractivity contribution in [2.45, 2.75) is 0 Å². The molecule has 1 aromatic carbocycles. The molecule has 0 radical (unpaired) electrons. The molecule has 22 heavy (non-hydrogen) atoms. The van der Waals surface area contributed by atoms with Gasteiger partial charge in [-0.3, -0.25) is 9.78 Å². The molecule has 2 rings (SSSR count). The Morgan fingerprint density at radius 3 is 2.50 bits per heavy atom. The monoisotopic (exact) mass is 489 g/mol. The Bertz CT molecular complexity index is 670. The summed E-state index contributed by atoms with van der Waals surface area (Å²) in [4.78, 5) is 15.6. The van der Waals surface area contributed by atoms with Crippen molar-refractivity contribution in [3.8, 4) is 5.75 Å². The molecule has 5 nitrogen and oxygen atoms in total. The summed E-state index contributed by atoms with van der Waals surface area (Å²) in [5.74, 6) is 0.198. The molecule has 0 fully saturated rings. The fourth-order valence-corrected chi connectivity index (χ4v) is 3.95. The van der Waals surface area contributed by atoms with Crippen LogP contribution in [0, 0.1) is 0 Å². The van der Waals surface area contributed by atoms with Gasteiger partial charge in [-0.2, -0.15) is 5.10 Å². The summed E-state index contributed by atoms with van der Waals surface area (Å²) in [6, 6.07) is 7.23. The van der Waals surface area contributed by atoms with E-state index in [-0.39, 0.29) is 12.5 Å². The molecule has 0 aliphatic rings. The summed E-state index contributed by atoms with van der Waals surface area (Å²) in [5, 5.41) is 3.85. The maximum Gasteiger partial charge on any atom is 0.277 e. The maximum absolute atomic E-state index is 11.7. The number of hydrogen-bond donors (Lipinski definition) is 1. The minimum atomic E-state index is -0.355. The van der Waals surface area contributed by atoms with Crippen LogP contribution in [0.25, 0.3) is 0 Å². The molecule has 114 valence electrons. The number of aromatic nitrogens is 1. The normalized spacial score (nSPS) is 10.7. The molecule has 0 aliphatic heterocycles. The first-order chi connectivity index (χ1) is 10.6. The van der Waals surface area contributed by atoms with Crippen molar-refractivity contribution < 1.29 is 9.53 Å². The lowest BCUT2D eigenvalue weighted by Crippen LogP contribution is -2.24. The van der Waals surface area contributed by atoms with Gasteiger partial charge in [0.1, 0.15) is 5.75 Å². The van der Waals surface area contributed by atoms with Gasteiger partial charge in [-0.05, 0) is 61.7 Å². The van der Waals surface area contributed by atoms with Crippen LogP contribution in [-0.4, -0.2) is 23.7 Å². The number of nitrogens with zero attached hydrogens (tertiary/aromatic N) is 2. The second kappa shape index (κ2) is 8.40. The lowest BCUT2D eigenvalue weighted by Gasteiger charge is -2.09. The number of hydrazone groups is 1. The first-order valence-corrected chi connectivity index (χ1v) is 8.43. The summed E-state index contributed by atoms with van der Waals surface area (Å²) in [5.41, 5.74) is 3.24. The predicted molar refractivity (Wildman–Crippen MR) is 95.0 cm³/mol. The van der Waals surface area contributed by atoms with E-state index < -0.39 is 0 Å². The Hall–Kier alpha value is -1.25. The van der Waals surface area contributed by atoms with E-state index in [4.69, 9.17) is 4.74 Å². The average molecular weight is 492 g/mol. The van der Waals surface area contributed by atoms with Gasteiger partial charge >= 0.3 is 0 Å². The SMILES string of the molecule is O=C(COc1c(Br)cc(Br)cc1Br)NN=Cc1ccncc1. The topological polar surface area (TPSA) is 63.6 Å². The number of amides is 1. The van der Waals surface area contributed by atoms with Crippen LogP contribution in [0.15, 0.2) is 55.2 Å². The van der Waals surface area contributed by atoms with Crippen molar-refractivity contribution in [3.05, 3.63) is 55.6 Å². The van der Waals surface area contributed by atoms with Crippen molar-refractivity contribution >= 4 is 59.9 Å². The van der Waals surface area contributed by atoms with E-state index >= 15 is 0 Å². The van der Waals surface area contributed by atoms with Gasteiger partial charge < -0.3 is 4.74 Å². The summed E-state index contributed by atoms with van der Waals surface area (Å²) < 4.78 is 7.85. The van der Waals surface area contributed by atoms with E-state index in [0.29, 0.717) is 5.75 Å². The van der Waals surface area contributed by atoms with Gasteiger partial charge in [0.15, 0.2) is 6.61 Å². The number of carbonyl (C=O) groups is 1. The molecule has 0 atom stereocenters. The fourth-order valence-electron chi connectivity index (χ4n) is 1.47. The quantitative estimate of drug-likeness (QED) is 0.509. The van der Waals surface area contributed by atoms with Gasteiger partial charge in [0.05, 0.1) is 15.2 Å². The van der Waals surface area contributed by atoms with Crippen molar-refractivity contribution in [1.29, 1.82) is 0 Å². The lowest BCUT2D eigenvalue weighted by atomic mass is 10.3. The van der Waals surface area contributed by atoms with Crippen LogP contribution < -0.4 is 10.2 Å². The van der Waals surface area contributed by atoms with Crippen molar-refractivity contribution in [2.75, 3.05) is 6.61 Å². The van der Waals surface area contributed by atoms with E-state index in [1.165, 1.54) is 6.21 Å². The van der Waals surface area contributed by atoms with Crippen molar-refractivity contribution in [1.82, 2.24) is 10.4 Å². The van der Waals surface area contributed by atoms with Crippen LogP contribution in [0.2, 0.25) is 0 Å². The number of hydrogen-bond acceptors (Lipinski definition) is 4. The molecule has 1 heterocycles. The second-order valence-electron chi connectivity index (χ2n) is 4.06. The highest BCUT2D eigenvalue weighted by Gasteiger charge is 2.10. The summed E-state index contributed by atoms with van der Waals surface area (Å²) in [6.45, 7) is -0.146. The molecule has 1 N–H and O–H groups in total. The van der Waals surface area contributed by atoms with Crippen LogP contribution in [0.3, 0.4) is 0 Å².